The number of rotatable bonds is 7. The average Bonchev–Trinajstić information content (AvgIpc) is 2.87. The maximum atomic E-state index is 12.4. The molecule has 0 fully saturated rings. The predicted molar refractivity (Wildman–Crippen MR) is 100 cm³/mol. The number of nitrogens with one attached hydrogen (secondary N) is 2. The van der Waals surface area contributed by atoms with Crippen LogP contribution < -0.4 is 10.1 Å². The first kappa shape index (κ1) is 19.8. The summed E-state index contributed by atoms with van der Waals surface area (Å²) in [5.74, 6) is -0.0560. The van der Waals surface area contributed by atoms with Crippen LogP contribution in [-0.2, 0) is 4.74 Å². The molecule has 0 radical (unpaired) electrons. The van der Waals surface area contributed by atoms with Crippen LogP contribution in [0.3, 0.4) is 0 Å². The lowest BCUT2D eigenvalue weighted by Gasteiger charge is -2.09. The molecule has 1 aromatic carbocycles. The van der Waals surface area contributed by atoms with Gasteiger partial charge in [-0.05, 0) is 57.5 Å². The fourth-order valence-corrected chi connectivity index (χ4v) is 2.63. The second-order valence-electron chi connectivity index (χ2n) is 6.14. The third-order valence-electron chi connectivity index (χ3n) is 3.68. The van der Waals surface area contributed by atoms with E-state index in [0.29, 0.717) is 46.4 Å². The molecule has 7 heteroatoms. The molecule has 0 saturated heterocycles. The van der Waals surface area contributed by atoms with E-state index in [1.54, 1.807) is 52.0 Å². The van der Waals surface area contributed by atoms with Crippen LogP contribution >= 0.6 is 11.6 Å². The number of hydrogen-bond donors (Lipinski definition) is 2. The van der Waals surface area contributed by atoms with E-state index in [2.05, 4.69) is 10.3 Å². The van der Waals surface area contributed by atoms with Gasteiger partial charge in [0.25, 0.3) is 5.91 Å². The van der Waals surface area contributed by atoms with Gasteiger partial charge in [-0.15, -0.1) is 0 Å². The second kappa shape index (κ2) is 8.76. The highest BCUT2D eigenvalue weighted by Gasteiger charge is 2.23. The van der Waals surface area contributed by atoms with Gasteiger partial charge in [-0.25, -0.2) is 4.79 Å². The molecule has 2 aromatic rings. The number of H-pyrrole nitrogens is 1. The van der Waals surface area contributed by atoms with Crippen molar-refractivity contribution < 1.29 is 19.1 Å². The zero-order valence-corrected chi connectivity index (χ0v) is 16.1. The first-order chi connectivity index (χ1) is 12.3. The van der Waals surface area contributed by atoms with Crippen molar-refractivity contribution in [1.29, 1.82) is 0 Å². The first-order valence-corrected chi connectivity index (χ1v) is 8.74. The number of esters is 1. The van der Waals surface area contributed by atoms with Crippen LogP contribution in [0.5, 0.6) is 5.75 Å². The van der Waals surface area contributed by atoms with Crippen LogP contribution in [0.4, 0.5) is 0 Å². The number of carbonyl (C=O) groups is 2. The van der Waals surface area contributed by atoms with Crippen LogP contribution in [0, 0.1) is 13.8 Å². The van der Waals surface area contributed by atoms with Crippen molar-refractivity contribution in [3.63, 3.8) is 0 Å². The zero-order valence-electron chi connectivity index (χ0n) is 15.3. The Hall–Kier alpha value is -2.47. The fraction of sp³-hybridized carbons (Fsp3) is 0.368. The minimum absolute atomic E-state index is 0.224. The SMILES string of the molecule is Cc1[nH]c(C(=O)NCCOc2ccc(Cl)cc2)c(C)c1C(=O)OC(C)C. The lowest BCUT2D eigenvalue weighted by molar-refractivity contribution is 0.0376. The molecule has 140 valence electrons. The molecule has 0 aliphatic carbocycles. The van der Waals surface area contributed by atoms with Crippen molar-refractivity contribution in [2.45, 2.75) is 33.8 Å². The average molecular weight is 379 g/mol. The van der Waals surface area contributed by atoms with Crippen LogP contribution in [0.25, 0.3) is 0 Å². The molecule has 2 N–H and O–H groups in total. The number of hydrogen-bond acceptors (Lipinski definition) is 4. The molecule has 26 heavy (non-hydrogen) atoms. The number of halogens is 1. The van der Waals surface area contributed by atoms with Crippen LogP contribution in [0.2, 0.25) is 5.02 Å². The van der Waals surface area contributed by atoms with Gasteiger partial charge < -0.3 is 19.8 Å². The number of benzene rings is 1. The fourth-order valence-electron chi connectivity index (χ4n) is 2.51. The summed E-state index contributed by atoms with van der Waals surface area (Å²) in [7, 11) is 0. The van der Waals surface area contributed by atoms with Gasteiger partial charge in [0, 0.05) is 10.7 Å². The number of ether oxygens (including phenoxy) is 2. The highest BCUT2D eigenvalue weighted by atomic mass is 35.5. The lowest BCUT2D eigenvalue weighted by Crippen LogP contribution is -2.29. The molecule has 0 aliphatic heterocycles. The van der Waals surface area contributed by atoms with Crippen LogP contribution in [-0.4, -0.2) is 36.1 Å². The van der Waals surface area contributed by atoms with Crippen LogP contribution in [0.15, 0.2) is 24.3 Å². The Morgan fingerprint density at radius 1 is 1.19 bits per heavy atom. The van der Waals surface area contributed by atoms with Gasteiger partial charge in [0.2, 0.25) is 0 Å². The Morgan fingerprint density at radius 3 is 2.46 bits per heavy atom. The summed E-state index contributed by atoms with van der Waals surface area (Å²) >= 11 is 5.81. The van der Waals surface area contributed by atoms with Gasteiger partial charge in [-0.2, -0.15) is 0 Å². The van der Waals surface area contributed by atoms with Crippen molar-refractivity contribution in [1.82, 2.24) is 10.3 Å². The standard InChI is InChI=1S/C19H23ClN2O4/c1-11(2)26-19(24)16-12(3)17(22-13(16)4)18(23)21-9-10-25-15-7-5-14(20)6-8-15/h5-8,11,22H,9-10H2,1-4H3,(H,21,23). The van der Waals surface area contributed by atoms with Crippen molar-refractivity contribution in [3.05, 3.63) is 51.8 Å². The number of aromatic amines is 1. The van der Waals surface area contributed by atoms with E-state index in [9.17, 15) is 9.59 Å². The summed E-state index contributed by atoms with van der Waals surface area (Å²) in [6.45, 7) is 7.66. The van der Waals surface area contributed by atoms with E-state index in [1.165, 1.54) is 0 Å². The van der Waals surface area contributed by atoms with Crippen molar-refractivity contribution >= 4 is 23.5 Å². The molecule has 0 unspecified atom stereocenters. The molecule has 2 rings (SSSR count). The van der Waals surface area contributed by atoms with Gasteiger partial charge >= 0.3 is 5.97 Å². The normalized spacial score (nSPS) is 10.7. The molecule has 6 nitrogen and oxygen atoms in total. The largest absolute Gasteiger partial charge is 0.492 e. The highest BCUT2D eigenvalue weighted by Crippen LogP contribution is 2.19. The summed E-state index contributed by atoms with van der Waals surface area (Å²) < 4.78 is 10.8. The summed E-state index contributed by atoms with van der Waals surface area (Å²) in [6.07, 6.45) is -0.224. The van der Waals surface area contributed by atoms with E-state index < -0.39 is 5.97 Å². The molecule has 0 saturated carbocycles. The maximum absolute atomic E-state index is 12.4. The molecule has 0 spiro atoms. The molecule has 1 aromatic heterocycles. The molecule has 0 aliphatic rings. The third kappa shape index (κ3) is 5.02. The molecule has 1 heterocycles. The van der Waals surface area contributed by atoms with Gasteiger partial charge in [0.05, 0.1) is 18.2 Å². The van der Waals surface area contributed by atoms with Gasteiger partial charge in [0.15, 0.2) is 0 Å². The Bertz CT molecular complexity index is 782. The summed E-state index contributed by atoms with van der Waals surface area (Å²) in [5.41, 5.74) is 1.94. The molecule has 0 bridgehead atoms. The van der Waals surface area contributed by atoms with E-state index in [0.717, 1.165) is 0 Å². The van der Waals surface area contributed by atoms with Crippen LogP contribution in [0.1, 0.15) is 46.0 Å². The topological polar surface area (TPSA) is 80.4 Å². The molecule has 0 atom stereocenters. The minimum Gasteiger partial charge on any atom is -0.492 e. The summed E-state index contributed by atoms with van der Waals surface area (Å²) in [5, 5.41) is 3.40. The van der Waals surface area contributed by atoms with E-state index >= 15 is 0 Å². The number of aromatic nitrogens is 1. The van der Waals surface area contributed by atoms with E-state index in [1.807, 2.05) is 0 Å². The molecular formula is C19H23ClN2O4. The van der Waals surface area contributed by atoms with E-state index in [4.69, 9.17) is 21.1 Å². The van der Waals surface area contributed by atoms with Crippen molar-refractivity contribution in [3.8, 4) is 5.75 Å². The third-order valence-corrected chi connectivity index (χ3v) is 3.93. The second-order valence-corrected chi connectivity index (χ2v) is 6.57. The number of aryl methyl sites for hydroxylation is 1. The lowest BCUT2D eigenvalue weighted by atomic mass is 10.1. The Morgan fingerprint density at radius 2 is 1.85 bits per heavy atom. The van der Waals surface area contributed by atoms with Gasteiger partial charge in [-0.3, -0.25) is 4.79 Å². The van der Waals surface area contributed by atoms with Crippen molar-refractivity contribution in [2.75, 3.05) is 13.2 Å². The summed E-state index contributed by atoms with van der Waals surface area (Å²) in [4.78, 5) is 27.5. The van der Waals surface area contributed by atoms with Crippen molar-refractivity contribution in [2.24, 2.45) is 0 Å². The van der Waals surface area contributed by atoms with E-state index in [-0.39, 0.29) is 12.0 Å². The number of amides is 1. The zero-order chi connectivity index (χ0) is 19.3. The minimum atomic E-state index is -0.434. The predicted octanol–water partition coefficient (Wildman–Crippen LogP) is 3.66. The van der Waals surface area contributed by atoms with Gasteiger partial charge in [-0.1, -0.05) is 11.6 Å². The Balaban J connectivity index is 1.93. The molecular weight excluding hydrogens is 356 g/mol. The maximum Gasteiger partial charge on any atom is 0.340 e. The quantitative estimate of drug-likeness (QED) is 0.569. The molecule has 1 amide bonds. The smallest absolute Gasteiger partial charge is 0.340 e. The Labute approximate surface area is 157 Å². The van der Waals surface area contributed by atoms with Gasteiger partial charge in [0.1, 0.15) is 18.1 Å². The first-order valence-electron chi connectivity index (χ1n) is 8.36. The number of carbonyl (C=O) groups excluding carboxylic acids is 2. The Kier molecular flexibility index (Phi) is 6.69. The monoisotopic (exact) mass is 378 g/mol. The highest BCUT2D eigenvalue weighted by molar-refractivity contribution is 6.30. The summed E-state index contributed by atoms with van der Waals surface area (Å²) in [6, 6.07) is 6.99.